The van der Waals surface area contributed by atoms with E-state index in [1.165, 1.54) is 38.5 Å². The SMILES string of the molecule is CCCCCCCCCC(CCCCCc1cc(F)c(F)cc1F)OC(OC(C)C)OC(C)C. The number of benzene rings is 1. The highest BCUT2D eigenvalue weighted by Crippen LogP contribution is 2.21. The Bertz CT molecular complexity index is 642. The monoisotopic (exact) mass is 488 g/mol. The van der Waals surface area contributed by atoms with Gasteiger partial charge in [0.15, 0.2) is 11.6 Å². The number of unbranched alkanes of at least 4 members (excludes halogenated alkanes) is 8. The summed E-state index contributed by atoms with van der Waals surface area (Å²) < 4.78 is 58.2. The van der Waals surface area contributed by atoms with E-state index >= 15 is 0 Å². The van der Waals surface area contributed by atoms with Gasteiger partial charge >= 0.3 is 0 Å². The van der Waals surface area contributed by atoms with Crippen LogP contribution in [-0.2, 0) is 20.6 Å². The summed E-state index contributed by atoms with van der Waals surface area (Å²) >= 11 is 0. The van der Waals surface area contributed by atoms with Gasteiger partial charge in [0.05, 0.1) is 18.3 Å². The van der Waals surface area contributed by atoms with Crippen molar-refractivity contribution in [1.29, 1.82) is 0 Å². The quantitative estimate of drug-likeness (QED) is 0.104. The largest absolute Gasteiger partial charge is 0.327 e. The fourth-order valence-electron chi connectivity index (χ4n) is 3.93. The third kappa shape index (κ3) is 14.3. The van der Waals surface area contributed by atoms with Gasteiger partial charge in [0.2, 0.25) is 0 Å². The molecule has 1 rings (SSSR count). The number of hydrogen-bond acceptors (Lipinski definition) is 3. The predicted molar refractivity (Wildman–Crippen MR) is 132 cm³/mol. The second kappa shape index (κ2) is 18.2. The molecule has 0 amide bonds. The molecule has 1 aromatic carbocycles. The highest BCUT2D eigenvalue weighted by Gasteiger charge is 2.20. The number of ether oxygens (including phenoxy) is 3. The first kappa shape index (κ1) is 30.9. The van der Waals surface area contributed by atoms with Crippen LogP contribution in [0.2, 0.25) is 0 Å². The summed E-state index contributed by atoms with van der Waals surface area (Å²) in [7, 11) is 0. The van der Waals surface area contributed by atoms with E-state index in [-0.39, 0.29) is 23.9 Å². The Hall–Kier alpha value is -1.11. The van der Waals surface area contributed by atoms with E-state index in [1.807, 2.05) is 27.7 Å². The maximum Gasteiger partial charge on any atom is 0.272 e. The van der Waals surface area contributed by atoms with Gasteiger partial charge in [-0.05, 0) is 65.0 Å². The zero-order valence-electron chi connectivity index (χ0n) is 22.0. The Morgan fingerprint density at radius 3 is 1.68 bits per heavy atom. The first-order valence-corrected chi connectivity index (χ1v) is 13.3. The lowest BCUT2D eigenvalue weighted by Gasteiger charge is -2.27. The van der Waals surface area contributed by atoms with E-state index in [0.29, 0.717) is 18.9 Å². The van der Waals surface area contributed by atoms with Crippen molar-refractivity contribution in [2.24, 2.45) is 0 Å². The van der Waals surface area contributed by atoms with Crippen LogP contribution in [0.5, 0.6) is 0 Å². The fourth-order valence-corrected chi connectivity index (χ4v) is 3.93. The smallest absolute Gasteiger partial charge is 0.272 e. The molecule has 3 nitrogen and oxygen atoms in total. The van der Waals surface area contributed by atoms with Crippen molar-refractivity contribution in [3.63, 3.8) is 0 Å². The minimum Gasteiger partial charge on any atom is -0.327 e. The molecule has 0 aliphatic carbocycles. The average molecular weight is 489 g/mol. The van der Waals surface area contributed by atoms with Crippen molar-refractivity contribution >= 4 is 0 Å². The molecule has 0 aromatic heterocycles. The minimum atomic E-state index is -1.15. The zero-order valence-corrected chi connectivity index (χ0v) is 22.0. The maximum atomic E-state index is 13.8. The predicted octanol–water partition coefficient (Wildman–Crippen LogP) is 8.87. The number of rotatable bonds is 20. The summed E-state index contributed by atoms with van der Waals surface area (Å²) in [6.07, 6.45) is 13.4. The molecule has 0 spiro atoms. The first-order chi connectivity index (χ1) is 16.2. The van der Waals surface area contributed by atoms with Crippen LogP contribution in [0, 0.1) is 17.5 Å². The van der Waals surface area contributed by atoms with E-state index in [4.69, 9.17) is 14.2 Å². The molecule has 1 aromatic rings. The van der Waals surface area contributed by atoms with Crippen LogP contribution in [0.4, 0.5) is 13.2 Å². The van der Waals surface area contributed by atoms with Gasteiger partial charge in [-0.1, -0.05) is 64.7 Å². The van der Waals surface area contributed by atoms with Crippen LogP contribution in [-0.4, -0.2) is 24.8 Å². The van der Waals surface area contributed by atoms with Crippen molar-refractivity contribution in [1.82, 2.24) is 0 Å². The summed E-state index contributed by atoms with van der Waals surface area (Å²) in [5, 5.41) is 0. The van der Waals surface area contributed by atoms with Crippen molar-refractivity contribution in [2.75, 3.05) is 0 Å². The molecule has 0 saturated carbocycles. The lowest BCUT2D eigenvalue weighted by atomic mass is 10.0. The van der Waals surface area contributed by atoms with Gasteiger partial charge in [-0.15, -0.1) is 0 Å². The maximum absolute atomic E-state index is 13.8. The highest BCUT2D eigenvalue weighted by molar-refractivity contribution is 5.20. The van der Waals surface area contributed by atoms with E-state index in [1.54, 1.807) is 0 Å². The van der Waals surface area contributed by atoms with Gasteiger partial charge < -0.3 is 14.2 Å². The number of halogens is 3. The van der Waals surface area contributed by atoms with Crippen molar-refractivity contribution in [3.05, 3.63) is 35.1 Å². The Morgan fingerprint density at radius 2 is 1.12 bits per heavy atom. The summed E-state index contributed by atoms with van der Waals surface area (Å²) in [5.74, 6) is -2.83. The molecule has 0 N–H and O–H groups in total. The molecular weight excluding hydrogens is 441 g/mol. The summed E-state index contributed by atoms with van der Waals surface area (Å²) in [6, 6.07) is 1.59. The lowest BCUT2D eigenvalue weighted by Crippen LogP contribution is -2.31. The second-order valence-corrected chi connectivity index (χ2v) is 9.78. The Kier molecular flexibility index (Phi) is 16.6. The molecule has 34 heavy (non-hydrogen) atoms. The van der Waals surface area contributed by atoms with Crippen molar-refractivity contribution in [2.45, 2.75) is 143 Å². The molecule has 0 radical (unpaired) electrons. The number of hydrogen-bond donors (Lipinski definition) is 0. The van der Waals surface area contributed by atoms with E-state index in [2.05, 4.69) is 6.92 Å². The van der Waals surface area contributed by atoms with Crippen molar-refractivity contribution in [3.8, 4) is 0 Å². The van der Waals surface area contributed by atoms with Crippen LogP contribution in [0.15, 0.2) is 12.1 Å². The van der Waals surface area contributed by atoms with Crippen LogP contribution >= 0.6 is 0 Å². The Balaban J connectivity index is 2.51. The molecule has 6 heteroatoms. The minimum absolute atomic E-state index is 0.00559. The first-order valence-electron chi connectivity index (χ1n) is 13.3. The summed E-state index contributed by atoms with van der Waals surface area (Å²) in [5.41, 5.74) is 0.227. The van der Waals surface area contributed by atoms with Crippen LogP contribution in [0.25, 0.3) is 0 Å². The van der Waals surface area contributed by atoms with E-state index in [0.717, 1.165) is 38.2 Å². The molecule has 0 heterocycles. The van der Waals surface area contributed by atoms with Gasteiger partial charge in [-0.3, -0.25) is 0 Å². The third-order valence-corrected chi connectivity index (χ3v) is 5.76. The van der Waals surface area contributed by atoms with E-state index in [9.17, 15) is 13.2 Å². The average Bonchev–Trinajstić information content (AvgIpc) is 2.75. The van der Waals surface area contributed by atoms with Gasteiger partial charge in [0, 0.05) is 6.07 Å². The third-order valence-electron chi connectivity index (χ3n) is 5.76. The van der Waals surface area contributed by atoms with Gasteiger partial charge in [-0.25, -0.2) is 13.2 Å². The molecule has 0 saturated heterocycles. The van der Waals surface area contributed by atoms with Gasteiger partial charge in [-0.2, -0.15) is 0 Å². The molecule has 0 fully saturated rings. The van der Waals surface area contributed by atoms with Gasteiger partial charge in [0.1, 0.15) is 5.82 Å². The van der Waals surface area contributed by atoms with E-state index < -0.39 is 23.9 Å². The van der Waals surface area contributed by atoms with Crippen molar-refractivity contribution < 1.29 is 27.4 Å². The second-order valence-electron chi connectivity index (χ2n) is 9.78. The number of aryl methyl sites for hydroxylation is 1. The zero-order chi connectivity index (χ0) is 25.3. The molecular formula is C28H47F3O3. The van der Waals surface area contributed by atoms with Crippen LogP contribution in [0.3, 0.4) is 0 Å². The van der Waals surface area contributed by atoms with Gasteiger partial charge in [0.25, 0.3) is 6.48 Å². The summed E-state index contributed by atoms with van der Waals surface area (Å²) in [6.45, 7) is 9.38. The summed E-state index contributed by atoms with van der Waals surface area (Å²) in [4.78, 5) is 0. The molecule has 0 aliphatic heterocycles. The normalized spacial score (nSPS) is 12.9. The molecule has 0 bridgehead atoms. The Labute approximate surface area is 205 Å². The molecule has 1 atom stereocenters. The molecule has 1 unspecified atom stereocenters. The molecule has 198 valence electrons. The topological polar surface area (TPSA) is 27.7 Å². The fraction of sp³-hybridized carbons (Fsp3) is 0.786. The highest BCUT2D eigenvalue weighted by atomic mass is 19.2. The Morgan fingerprint density at radius 1 is 0.618 bits per heavy atom. The molecule has 0 aliphatic rings. The van der Waals surface area contributed by atoms with Crippen LogP contribution in [0.1, 0.15) is 117 Å². The van der Waals surface area contributed by atoms with Crippen LogP contribution < -0.4 is 0 Å². The standard InChI is InChI=1S/C28H47F3O3/c1-6-7-8-9-10-11-14-17-24(34-28(32-21(2)3)33-22(4)5)18-15-12-13-16-23-19-26(30)27(31)20-25(23)29/h19-22,24,28H,6-18H2,1-5H3. The lowest BCUT2D eigenvalue weighted by molar-refractivity contribution is -0.327.